The Hall–Kier alpha value is -0.890. The normalized spacial score (nSPS) is 9.70. The molecule has 0 aliphatic heterocycles. The fourth-order valence-electron chi connectivity index (χ4n) is 0.756. The maximum Gasteiger partial charge on any atom is 0.0541 e. The summed E-state index contributed by atoms with van der Waals surface area (Å²) in [5, 5.41) is 3.20. The van der Waals surface area contributed by atoms with Crippen LogP contribution in [0.4, 0.5) is 0 Å². The summed E-state index contributed by atoms with van der Waals surface area (Å²) >= 11 is 0. The van der Waals surface area contributed by atoms with Gasteiger partial charge in [-0.25, -0.2) is 0 Å². The first-order chi connectivity index (χ1) is 4.93. The molecule has 0 unspecified atom stereocenters. The van der Waals surface area contributed by atoms with Gasteiger partial charge in [0.05, 0.1) is 5.69 Å². The van der Waals surface area contributed by atoms with Crippen LogP contribution in [0.25, 0.3) is 0 Å². The fourth-order valence-corrected chi connectivity index (χ4v) is 0.756. The lowest BCUT2D eigenvalue weighted by atomic mass is 10.3. The van der Waals surface area contributed by atoms with E-state index < -0.39 is 0 Å². The quantitative estimate of drug-likeness (QED) is 0.683. The van der Waals surface area contributed by atoms with Crippen molar-refractivity contribution in [2.45, 2.75) is 13.5 Å². The van der Waals surface area contributed by atoms with E-state index in [4.69, 9.17) is 0 Å². The van der Waals surface area contributed by atoms with Gasteiger partial charge in [0.25, 0.3) is 0 Å². The summed E-state index contributed by atoms with van der Waals surface area (Å²) in [6.07, 6.45) is 1.81. The predicted molar refractivity (Wildman–Crippen MR) is 43.7 cm³/mol. The molecule has 0 bridgehead atoms. The first kappa shape index (κ1) is 7.22. The van der Waals surface area contributed by atoms with Crippen molar-refractivity contribution in [1.82, 2.24) is 10.3 Å². The summed E-state index contributed by atoms with van der Waals surface area (Å²) in [6, 6.07) is 5.94. The molecule has 0 atom stereocenters. The summed E-state index contributed by atoms with van der Waals surface area (Å²) in [4.78, 5) is 4.15. The van der Waals surface area contributed by atoms with E-state index in [0.717, 1.165) is 18.8 Å². The Balaban J connectivity index is 0.000001000. The molecule has 0 radical (unpaired) electrons. The highest BCUT2D eigenvalue weighted by molar-refractivity contribution is 5.02. The first-order valence-electron chi connectivity index (χ1n) is 3.54. The SMILES string of the molecule is CCNCc1ccccn1.[HH]. The molecule has 0 saturated heterocycles. The summed E-state index contributed by atoms with van der Waals surface area (Å²) in [7, 11) is 0. The molecule has 0 aliphatic rings. The Labute approximate surface area is 62.8 Å². The topological polar surface area (TPSA) is 24.9 Å². The van der Waals surface area contributed by atoms with Gasteiger partial charge in [-0.05, 0) is 18.7 Å². The highest BCUT2D eigenvalue weighted by atomic mass is 14.9. The average Bonchev–Trinajstić information content (AvgIpc) is 2.03. The lowest BCUT2D eigenvalue weighted by molar-refractivity contribution is 0.711. The van der Waals surface area contributed by atoms with Gasteiger partial charge in [0.2, 0.25) is 0 Å². The van der Waals surface area contributed by atoms with Crippen molar-refractivity contribution in [3.8, 4) is 0 Å². The van der Waals surface area contributed by atoms with Gasteiger partial charge in [0.1, 0.15) is 0 Å². The fraction of sp³-hybridized carbons (Fsp3) is 0.375. The Morgan fingerprint density at radius 1 is 1.60 bits per heavy atom. The minimum Gasteiger partial charge on any atom is -0.311 e. The molecule has 10 heavy (non-hydrogen) atoms. The number of nitrogens with one attached hydrogen (secondary N) is 1. The first-order valence-corrected chi connectivity index (χ1v) is 3.54. The third-order valence-corrected chi connectivity index (χ3v) is 1.28. The Bertz CT molecular complexity index is 177. The Morgan fingerprint density at radius 3 is 3.10 bits per heavy atom. The average molecular weight is 138 g/mol. The van der Waals surface area contributed by atoms with Gasteiger partial charge in [0.15, 0.2) is 0 Å². The molecule has 1 N–H and O–H groups in total. The summed E-state index contributed by atoms with van der Waals surface area (Å²) in [6.45, 7) is 3.96. The number of hydrogen-bond acceptors (Lipinski definition) is 2. The second kappa shape index (κ2) is 4.01. The van der Waals surface area contributed by atoms with E-state index >= 15 is 0 Å². The number of aromatic nitrogens is 1. The zero-order valence-corrected chi connectivity index (χ0v) is 6.17. The Kier molecular flexibility index (Phi) is 2.90. The largest absolute Gasteiger partial charge is 0.311 e. The number of hydrogen-bond donors (Lipinski definition) is 1. The zero-order valence-electron chi connectivity index (χ0n) is 6.17. The van der Waals surface area contributed by atoms with Crippen molar-refractivity contribution < 1.29 is 1.43 Å². The molecule has 2 heteroatoms. The van der Waals surface area contributed by atoms with Crippen LogP contribution in [-0.4, -0.2) is 11.5 Å². The summed E-state index contributed by atoms with van der Waals surface area (Å²) < 4.78 is 0. The molecule has 0 amide bonds. The molecule has 1 rings (SSSR count). The highest BCUT2D eigenvalue weighted by Gasteiger charge is 1.87. The van der Waals surface area contributed by atoms with E-state index in [2.05, 4.69) is 17.2 Å². The predicted octanol–water partition coefficient (Wildman–Crippen LogP) is 1.44. The van der Waals surface area contributed by atoms with E-state index in [1.54, 1.807) is 0 Å². The van der Waals surface area contributed by atoms with Crippen molar-refractivity contribution in [2.24, 2.45) is 0 Å². The molecule has 1 aromatic heterocycles. The molecule has 2 nitrogen and oxygen atoms in total. The van der Waals surface area contributed by atoms with Crippen molar-refractivity contribution in [1.29, 1.82) is 0 Å². The third-order valence-electron chi connectivity index (χ3n) is 1.28. The summed E-state index contributed by atoms with van der Waals surface area (Å²) in [5.41, 5.74) is 1.10. The van der Waals surface area contributed by atoms with E-state index in [9.17, 15) is 0 Å². The minimum atomic E-state index is 0. The molecule has 0 saturated carbocycles. The van der Waals surface area contributed by atoms with E-state index in [1.807, 2.05) is 24.4 Å². The highest BCUT2D eigenvalue weighted by Crippen LogP contribution is 1.90. The van der Waals surface area contributed by atoms with Crippen LogP contribution in [-0.2, 0) is 6.54 Å². The van der Waals surface area contributed by atoms with Crippen LogP contribution in [0.5, 0.6) is 0 Å². The standard InChI is InChI=1S/C8H12N2.H2/c1-2-9-7-8-5-3-4-6-10-8;/h3-6,9H,2,7H2,1H3;1H. The third kappa shape index (κ3) is 2.15. The van der Waals surface area contributed by atoms with Gasteiger partial charge in [-0.2, -0.15) is 0 Å². The molecular weight excluding hydrogens is 124 g/mol. The number of pyridine rings is 1. The van der Waals surface area contributed by atoms with Crippen molar-refractivity contribution in [2.75, 3.05) is 6.54 Å². The van der Waals surface area contributed by atoms with Gasteiger partial charge < -0.3 is 5.32 Å². The molecule has 0 aliphatic carbocycles. The number of rotatable bonds is 3. The van der Waals surface area contributed by atoms with Crippen molar-refractivity contribution >= 4 is 0 Å². The summed E-state index contributed by atoms with van der Waals surface area (Å²) in [5.74, 6) is 0. The smallest absolute Gasteiger partial charge is 0.0541 e. The van der Waals surface area contributed by atoms with E-state index in [-0.39, 0.29) is 1.43 Å². The van der Waals surface area contributed by atoms with E-state index in [0.29, 0.717) is 0 Å². The lowest BCUT2D eigenvalue weighted by Gasteiger charge is -1.98. The van der Waals surface area contributed by atoms with Crippen molar-refractivity contribution in [3.63, 3.8) is 0 Å². The molecule has 1 heterocycles. The minimum absolute atomic E-state index is 0. The van der Waals surface area contributed by atoms with Gasteiger partial charge in [-0.3, -0.25) is 4.98 Å². The van der Waals surface area contributed by atoms with Gasteiger partial charge in [0, 0.05) is 14.2 Å². The maximum atomic E-state index is 4.15. The van der Waals surface area contributed by atoms with Crippen molar-refractivity contribution in [3.05, 3.63) is 30.1 Å². The van der Waals surface area contributed by atoms with Crippen LogP contribution in [0.3, 0.4) is 0 Å². The van der Waals surface area contributed by atoms with Crippen LogP contribution in [0, 0.1) is 0 Å². The van der Waals surface area contributed by atoms with Gasteiger partial charge in [-0.15, -0.1) is 0 Å². The molecule has 56 valence electrons. The van der Waals surface area contributed by atoms with Gasteiger partial charge in [-0.1, -0.05) is 13.0 Å². The van der Waals surface area contributed by atoms with Crippen LogP contribution in [0.1, 0.15) is 14.0 Å². The van der Waals surface area contributed by atoms with Crippen LogP contribution in [0.15, 0.2) is 24.4 Å². The lowest BCUT2D eigenvalue weighted by Crippen LogP contribution is -2.12. The zero-order chi connectivity index (χ0) is 7.23. The molecule has 0 fully saturated rings. The molecule has 0 aromatic carbocycles. The molecular formula is C8H14N2. The molecule has 0 spiro atoms. The van der Waals surface area contributed by atoms with Crippen LogP contribution in [0.2, 0.25) is 0 Å². The monoisotopic (exact) mass is 138 g/mol. The second-order valence-corrected chi connectivity index (χ2v) is 2.10. The van der Waals surface area contributed by atoms with Crippen LogP contribution >= 0.6 is 0 Å². The maximum absolute atomic E-state index is 4.15. The molecule has 1 aromatic rings. The van der Waals surface area contributed by atoms with Crippen LogP contribution < -0.4 is 5.32 Å². The Morgan fingerprint density at radius 2 is 2.50 bits per heavy atom. The van der Waals surface area contributed by atoms with E-state index in [1.165, 1.54) is 0 Å². The number of nitrogens with zero attached hydrogens (tertiary/aromatic N) is 1. The van der Waals surface area contributed by atoms with Gasteiger partial charge >= 0.3 is 0 Å². The second-order valence-electron chi connectivity index (χ2n) is 2.10.